The van der Waals surface area contributed by atoms with Gasteiger partial charge < -0.3 is 8.85 Å². The first-order valence-corrected chi connectivity index (χ1v) is 23.2. The summed E-state index contributed by atoms with van der Waals surface area (Å²) in [6, 6.07) is 0. The van der Waals surface area contributed by atoms with Crippen LogP contribution in [-0.4, -0.2) is 28.8 Å². The van der Waals surface area contributed by atoms with E-state index in [1.54, 1.807) is 0 Å². The molecule has 0 aromatic rings. The van der Waals surface area contributed by atoms with Crippen LogP contribution in [0.25, 0.3) is 0 Å². The maximum atomic E-state index is 7.23. The van der Waals surface area contributed by atoms with Crippen LogP contribution in [0.3, 0.4) is 0 Å². The molecule has 4 rings (SSSR count). The molecule has 0 saturated heterocycles. The van der Waals surface area contributed by atoms with Gasteiger partial charge in [-0.05, 0) is 143 Å². The van der Waals surface area contributed by atoms with Crippen molar-refractivity contribution in [2.45, 2.75) is 157 Å². The van der Waals surface area contributed by atoms with Crippen molar-refractivity contribution in [3.8, 4) is 0 Å². The molecular weight excluding hydrogens is 485 g/mol. The molecule has 4 saturated carbocycles. The van der Waals surface area contributed by atoms with Gasteiger partial charge in [-0.15, -0.1) is 0 Å². The largest absolute Gasteiger partial charge is 0.415 e. The minimum atomic E-state index is -1.62. The zero-order valence-corrected chi connectivity index (χ0v) is 28.8. The summed E-state index contributed by atoms with van der Waals surface area (Å²) in [5.41, 5.74) is 1.02. The smallest absolute Gasteiger partial charge is 0.184 e. The van der Waals surface area contributed by atoms with Crippen molar-refractivity contribution >= 4 is 16.6 Å². The van der Waals surface area contributed by atoms with Crippen LogP contribution in [0.1, 0.15) is 105 Å². The summed E-state index contributed by atoms with van der Waals surface area (Å²) in [7, 11) is -3.12. The molecule has 0 N–H and O–H groups in total. The zero-order valence-electron chi connectivity index (χ0n) is 26.8. The Hall–Kier alpha value is 0.354. The first kappa shape index (κ1) is 30.3. The second-order valence-electron chi connectivity index (χ2n) is 17.2. The van der Waals surface area contributed by atoms with Gasteiger partial charge in [0.25, 0.3) is 0 Å². The van der Waals surface area contributed by atoms with Crippen molar-refractivity contribution in [3.63, 3.8) is 0 Å². The van der Waals surface area contributed by atoms with Crippen LogP contribution < -0.4 is 0 Å². The summed E-state index contributed by atoms with van der Waals surface area (Å²) < 4.78 is 13.9. The molecule has 216 valence electrons. The predicted molar refractivity (Wildman–Crippen MR) is 165 cm³/mol. The third-order valence-corrected chi connectivity index (χ3v) is 13.9. The molecule has 0 heterocycles. The number of hydrogen-bond acceptors (Lipinski definition) is 2. The highest BCUT2D eigenvalue weighted by atomic mass is 28.4. The molecule has 4 heteroatoms. The quantitative estimate of drug-likeness (QED) is 0.267. The Kier molecular flexibility index (Phi) is 8.99. The molecule has 2 nitrogen and oxygen atoms in total. The first-order chi connectivity index (χ1) is 17.0. The van der Waals surface area contributed by atoms with Crippen LogP contribution >= 0.6 is 0 Å². The summed E-state index contributed by atoms with van der Waals surface area (Å²) in [4.78, 5) is 0. The van der Waals surface area contributed by atoms with Crippen molar-refractivity contribution in [2.75, 3.05) is 0 Å². The van der Waals surface area contributed by atoms with Gasteiger partial charge in [-0.25, -0.2) is 0 Å². The molecule has 4 fully saturated rings. The summed E-state index contributed by atoms with van der Waals surface area (Å²) >= 11 is 0. The van der Waals surface area contributed by atoms with Crippen LogP contribution in [-0.2, 0) is 8.85 Å². The molecule has 4 aliphatic carbocycles. The van der Waals surface area contributed by atoms with E-state index in [0.717, 1.165) is 41.4 Å². The highest BCUT2D eigenvalue weighted by Gasteiger charge is 2.63. The van der Waals surface area contributed by atoms with E-state index >= 15 is 0 Å². The molecule has 1 unspecified atom stereocenters. The Bertz CT molecular complexity index is 769. The molecule has 37 heavy (non-hydrogen) atoms. The van der Waals surface area contributed by atoms with E-state index in [1.165, 1.54) is 70.6 Å². The van der Waals surface area contributed by atoms with Crippen molar-refractivity contribution in [1.29, 1.82) is 0 Å². The molecule has 0 bridgehead atoms. The normalized spacial score (nSPS) is 43.3. The number of hydrogen-bond donors (Lipinski definition) is 0. The standard InChI is InChI=1S/C33H64O2Si2/c1-23(2)13-12-14-24(3)27-15-16-28-31-29(18-20-33(27,28)5)32(4)19-17-26(34-36(6,7)8)21-25(32)22-30(31)35-37(9,10)11/h23-31H,12-22H2,1-11H3/t24?,25-,26-,27-,28+,29+,30-,31+,32+,33-/m1/s1. The molecule has 0 spiro atoms. The number of rotatable bonds is 9. The van der Waals surface area contributed by atoms with Gasteiger partial charge in [0.05, 0.1) is 0 Å². The second kappa shape index (κ2) is 11.0. The van der Waals surface area contributed by atoms with Gasteiger partial charge >= 0.3 is 0 Å². The SMILES string of the molecule is CC(C)CCCC(C)[C@H]1CC[C@H]2[C@@H]3[C@H](O[Si](C)(C)C)C[C@H]4C[C@H](O[Si](C)(C)C)CC[C@]4(C)[C@H]3CC[C@]12C. The maximum absolute atomic E-state index is 7.23. The highest BCUT2D eigenvalue weighted by Crippen LogP contribution is 2.69. The van der Waals surface area contributed by atoms with Gasteiger partial charge in [-0.2, -0.15) is 0 Å². The van der Waals surface area contributed by atoms with E-state index < -0.39 is 16.6 Å². The molecule has 0 aromatic carbocycles. The Balaban J connectivity index is 1.57. The fourth-order valence-corrected chi connectivity index (χ4v) is 12.7. The Labute approximate surface area is 234 Å². The van der Waals surface area contributed by atoms with E-state index in [-0.39, 0.29) is 0 Å². The van der Waals surface area contributed by atoms with E-state index in [2.05, 4.69) is 73.9 Å². The van der Waals surface area contributed by atoms with Crippen molar-refractivity contribution in [3.05, 3.63) is 0 Å². The van der Waals surface area contributed by atoms with E-state index in [0.29, 0.717) is 23.0 Å². The van der Waals surface area contributed by atoms with Gasteiger partial charge in [-0.3, -0.25) is 0 Å². The molecular formula is C33H64O2Si2. The molecule has 4 aliphatic rings. The maximum Gasteiger partial charge on any atom is 0.184 e. The predicted octanol–water partition coefficient (Wildman–Crippen LogP) is 10.2. The van der Waals surface area contributed by atoms with Crippen molar-refractivity contribution in [2.24, 2.45) is 52.3 Å². The highest BCUT2D eigenvalue weighted by molar-refractivity contribution is 6.70. The van der Waals surface area contributed by atoms with Gasteiger partial charge in [0.2, 0.25) is 0 Å². The molecule has 0 aromatic heterocycles. The van der Waals surface area contributed by atoms with Crippen LogP contribution in [0.5, 0.6) is 0 Å². The van der Waals surface area contributed by atoms with Crippen LogP contribution in [0.15, 0.2) is 0 Å². The lowest BCUT2D eigenvalue weighted by Gasteiger charge is -2.64. The fourth-order valence-electron chi connectivity index (χ4n) is 10.4. The molecule has 0 amide bonds. The molecule has 0 aliphatic heterocycles. The minimum Gasteiger partial charge on any atom is -0.415 e. The van der Waals surface area contributed by atoms with Gasteiger partial charge in [-0.1, -0.05) is 53.9 Å². The lowest BCUT2D eigenvalue weighted by Crippen LogP contribution is -2.60. The zero-order chi connectivity index (χ0) is 27.4. The third kappa shape index (κ3) is 6.48. The third-order valence-electron chi connectivity index (χ3n) is 11.8. The summed E-state index contributed by atoms with van der Waals surface area (Å²) in [5, 5.41) is 0. The van der Waals surface area contributed by atoms with E-state index in [1.807, 2.05) is 0 Å². The van der Waals surface area contributed by atoms with Crippen molar-refractivity contribution in [1.82, 2.24) is 0 Å². The van der Waals surface area contributed by atoms with Crippen LogP contribution in [0, 0.1) is 52.3 Å². The van der Waals surface area contributed by atoms with Gasteiger partial charge in [0.15, 0.2) is 16.6 Å². The monoisotopic (exact) mass is 548 g/mol. The van der Waals surface area contributed by atoms with Crippen LogP contribution in [0.4, 0.5) is 0 Å². The molecule has 10 atom stereocenters. The average molecular weight is 549 g/mol. The second-order valence-corrected chi connectivity index (χ2v) is 26.1. The lowest BCUT2D eigenvalue weighted by atomic mass is 9.43. The molecule has 0 radical (unpaired) electrons. The van der Waals surface area contributed by atoms with E-state index in [9.17, 15) is 0 Å². The summed E-state index contributed by atoms with van der Waals surface area (Å²) in [5.74, 6) is 5.94. The Morgan fingerprint density at radius 1 is 0.730 bits per heavy atom. The van der Waals surface area contributed by atoms with Gasteiger partial charge in [0.1, 0.15) is 0 Å². The Morgan fingerprint density at radius 2 is 1.35 bits per heavy atom. The summed E-state index contributed by atoms with van der Waals surface area (Å²) in [6.45, 7) is 27.3. The lowest BCUT2D eigenvalue weighted by molar-refractivity contribution is -0.168. The average Bonchev–Trinajstić information content (AvgIpc) is 3.09. The summed E-state index contributed by atoms with van der Waals surface area (Å²) in [6.07, 6.45) is 16.3. The van der Waals surface area contributed by atoms with Gasteiger partial charge in [0, 0.05) is 12.2 Å². The minimum absolute atomic E-state index is 0.486. The van der Waals surface area contributed by atoms with Crippen molar-refractivity contribution < 1.29 is 8.85 Å². The Morgan fingerprint density at radius 3 is 1.97 bits per heavy atom. The fraction of sp³-hybridized carbons (Fsp3) is 1.00. The van der Waals surface area contributed by atoms with E-state index in [4.69, 9.17) is 8.85 Å². The van der Waals surface area contributed by atoms with Crippen LogP contribution in [0.2, 0.25) is 39.3 Å². The topological polar surface area (TPSA) is 18.5 Å². The number of fused-ring (bicyclic) bond motifs is 5. The first-order valence-electron chi connectivity index (χ1n) is 16.4.